The summed E-state index contributed by atoms with van der Waals surface area (Å²) >= 11 is 7.01. The van der Waals surface area contributed by atoms with Crippen molar-refractivity contribution in [2.75, 3.05) is 36.0 Å². The molecule has 2 saturated heterocycles. The zero-order valence-electron chi connectivity index (χ0n) is 15.6. The first-order valence-electron chi connectivity index (χ1n) is 9.12. The first-order valence-corrected chi connectivity index (χ1v) is 10.3. The average Bonchev–Trinajstić information content (AvgIpc) is 3.34. The van der Waals surface area contributed by atoms with Gasteiger partial charge in [0.2, 0.25) is 0 Å². The van der Waals surface area contributed by atoms with Crippen molar-refractivity contribution in [2.45, 2.75) is 12.4 Å². The van der Waals surface area contributed by atoms with Gasteiger partial charge >= 0.3 is 6.09 Å². The summed E-state index contributed by atoms with van der Waals surface area (Å²) in [5.74, 6) is -0.528. The van der Waals surface area contributed by atoms with E-state index in [0.717, 1.165) is 0 Å². The summed E-state index contributed by atoms with van der Waals surface area (Å²) in [5, 5.41) is 12.3. The van der Waals surface area contributed by atoms with Crippen molar-refractivity contribution in [3.8, 4) is 0 Å². The fourth-order valence-electron chi connectivity index (χ4n) is 3.19. The summed E-state index contributed by atoms with van der Waals surface area (Å²) in [6.45, 7) is 0.307. The molecule has 3 heterocycles. The third-order valence-corrected chi connectivity index (χ3v) is 5.90. The maximum absolute atomic E-state index is 12.2. The summed E-state index contributed by atoms with van der Waals surface area (Å²) in [6.07, 6.45) is -2.04. The highest BCUT2D eigenvalue weighted by molar-refractivity contribution is 7.18. The van der Waals surface area contributed by atoms with Crippen molar-refractivity contribution in [1.29, 1.82) is 0 Å². The number of ether oxygens (including phenoxy) is 2. The zero-order valence-corrected chi connectivity index (χ0v) is 17.2. The van der Waals surface area contributed by atoms with E-state index in [0.29, 0.717) is 20.6 Å². The molecule has 0 radical (unpaired) electrons. The number of hydrogen-bond acceptors (Lipinski definition) is 7. The van der Waals surface area contributed by atoms with Crippen LogP contribution in [-0.2, 0) is 14.3 Å². The van der Waals surface area contributed by atoms with Crippen molar-refractivity contribution >= 4 is 52.2 Å². The molecule has 30 heavy (non-hydrogen) atoms. The number of amides is 3. The van der Waals surface area contributed by atoms with Crippen LogP contribution in [0.1, 0.15) is 9.67 Å². The molecule has 9 nitrogen and oxygen atoms in total. The van der Waals surface area contributed by atoms with E-state index in [9.17, 15) is 19.5 Å². The smallest absolute Gasteiger partial charge is 0.414 e. The lowest BCUT2D eigenvalue weighted by Gasteiger charge is -2.30. The molecule has 2 aromatic rings. The Hall–Kier alpha value is -2.66. The standard InChI is InChI=1S/C19H18ClN3O6S/c20-15-6-5-14(30-15)18(26)21-7-13-8-23(19(27)29-13)12-3-1-11(2-4-12)22-9-17(25)28-10-16(22)24/h1-6,13,17,25H,7-10H2,(H,21,26)/t13-,17?/m0/s1. The van der Waals surface area contributed by atoms with E-state index in [1.807, 2.05) is 0 Å². The minimum atomic E-state index is -1.03. The largest absolute Gasteiger partial charge is 0.442 e. The number of cyclic esters (lactones) is 1. The lowest BCUT2D eigenvalue weighted by molar-refractivity contribution is -0.148. The van der Waals surface area contributed by atoms with E-state index in [1.165, 1.54) is 21.1 Å². The van der Waals surface area contributed by atoms with Gasteiger partial charge in [0.15, 0.2) is 6.29 Å². The third kappa shape index (κ3) is 4.41. The van der Waals surface area contributed by atoms with Gasteiger partial charge < -0.3 is 24.8 Å². The molecule has 1 aromatic carbocycles. The van der Waals surface area contributed by atoms with Gasteiger partial charge in [-0.3, -0.25) is 14.5 Å². The summed E-state index contributed by atoms with van der Waals surface area (Å²) in [5.41, 5.74) is 1.20. The molecule has 158 valence electrons. The molecule has 2 fully saturated rings. The van der Waals surface area contributed by atoms with Gasteiger partial charge in [-0.1, -0.05) is 11.6 Å². The Kier molecular flexibility index (Phi) is 5.91. The van der Waals surface area contributed by atoms with E-state index < -0.39 is 18.5 Å². The summed E-state index contributed by atoms with van der Waals surface area (Å²) in [4.78, 5) is 39.7. The van der Waals surface area contributed by atoms with Gasteiger partial charge in [-0.25, -0.2) is 4.79 Å². The van der Waals surface area contributed by atoms with E-state index in [-0.39, 0.29) is 38.1 Å². The molecule has 1 aromatic heterocycles. The number of anilines is 2. The first kappa shape index (κ1) is 20.6. The number of carbonyl (C=O) groups is 3. The van der Waals surface area contributed by atoms with Crippen molar-refractivity contribution < 1.29 is 29.0 Å². The minimum Gasteiger partial charge on any atom is -0.442 e. The molecule has 3 amide bonds. The van der Waals surface area contributed by atoms with Crippen molar-refractivity contribution in [2.24, 2.45) is 0 Å². The van der Waals surface area contributed by atoms with Crippen molar-refractivity contribution in [3.05, 3.63) is 45.6 Å². The number of aliphatic hydroxyl groups is 1. The zero-order chi connectivity index (χ0) is 21.3. The second-order valence-corrected chi connectivity index (χ2v) is 8.43. The Balaban J connectivity index is 1.36. The number of nitrogens with one attached hydrogen (secondary N) is 1. The normalized spacial score (nSPS) is 21.7. The number of carbonyl (C=O) groups excluding carboxylic acids is 3. The lowest BCUT2D eigenvalue weighted by atomic mass is 10.2. The van der Waals surface area contributed by atoms with E-state index in [2.05, 4.69) is 5.32 Å². The SMILES string of the molecule is O=C(NC[C@H]1CN(c2ccc(N3CC(O)OCC3=O)cc2)C(=O)O1)c1ccc(Cl)s1. The Morgan fingerprint density at radius 3 is 2.50 bits per heavy atom. The Bertz CT molecular complexity index is 965. The van der Waals surface area contributed by atoms with Gasteiger partial charge in [0.1, 0.15) is 12.7 Å². The minimum absolute atomic E-state index is 0.0428. The topological polar surface area (TPSA) is 108 Å². The fourth-order valence-corrected chi connectivity index (χ4v) is 4.15. The molecule has 2 N–H and O–H groups in total. The second kappa shape index (κ2) is 8.60. The van der Waals surface area contributed by atoms with Crippen LogP contribution in [0.5, 0.6) is 0 Å². The number of thiophene rings is 1. The molecular formula is C19H18ClN3O6S. The van der Waals surface area contributed by atoms with Crippen LogP contribution in [0.4, 0.5) is 16.2 Å². The number of rotatable bonds is 5. The maximum Gasteiger partial charge on any atom is 0.414 e. The highest BCUT2D eigenvalue weighted by Crippen LogP contribution is 2.26. The molecule has 0 spiro atoms. The number of halogens is 1. The van der Waals surface area contributed by atoms with Crippen molar-refractivity contribution in [1.82, 2.24) is 5.32 Å². The molecule has 2 aliphatic rings. The van der Waals surface area contributed by atoms with Crippen LogP contribution < -0.4 is 15.1 Å². The predicted molar refractivity (Wildman–Crippen MR) is 110 cm³/mol. The van der Waals surface area contributed by atoms with Crippen LogP contribution in [0.2, 0.25) is 4.34 Å². The fraction of sp³-hybridized carbons (Fsp3) is 0.316. The highest BCUT2D eigenvalue weighted by Gasteiger charge is 2.33. The van der Waals surface area contributed by atoms with Gasteiger partial charge in [0.25, 0.3) is 11.8 Å². The quantitative estimate of drug-likeness (QED) is 0.718. The van der Waals surface area contributed by atoms with Gasteiger partial charge in [-0.05, 0) is 36.4 Å². The Morgan fingerprint density at radius 1 is 1.13 bits per heavy atom. The van der Waals surface area contributed by atoms with Crippen LogP contribution in [0.25, 0.3) is 0 Å². The maximum atomic E-state index is 12.2. The Morgan fingerprint density at radius 2 is 1.83 bits per heavy atom. The molecule has 0 aliphatic carbocycles. The van der Waals surface area contributed by atoms with Crippen LogP contribution >= 0.6 is 22.9 Å². The lowest BCUT2D eigenvalue weighted by Crippen LogP contribution is -2.46. The van der Waals surface area contributed by atoms with Gasteiger partial charge in [-0.2, -0.15) is 0 Å². The highest BCUT2D eigenvalue weighted by atomic mass is 35.5. The third-order valence-electron chi connectivity index (χ3n) is 4.67. The number of aliphatic hydroxyl groups excluding tert-OH is 1. The monoisotopic (exact) mass is 451 g/mol. The van der Waals surface area contributed by atoms with Gasteiger partial charge in [-0.15, -0.1) is 11.3 Å². The molecule has 1 unspecified atom stereocenters. The number of morpholine rings is 1. The molecule has 2 atom stereocenters. The molecule has 0 bridgehead atoms. The molecular weight excluding hydrogens is 434 g/mol. The van der Waals surface area contributed by atoms with E-state index >= 15 is 0 Å². The molecule has 0 saturated carbocycles. The number of nitrogens with zero attached hydrogens (tertiary/aromatic N) is 2. The van der Waals surface area contributed by atoms with Crippen LogP contribution in [0.3, 0.4) is 0 Å². The predicted octanol–water partition coefficient (Wildman–Crippen LogP) is 1.84. The molecule has 11 heteroatoms. The van der Waals surface area contributed by atoms with Crippen molar-refractivity contribution in [3.63, 3.8) is 0 Å². The molecule has 2 aliphatic heterocycles. The van der Waals surface area contributed by atoms with Gasteiger partial charge in [0.05, 0.1) is 28.8 Å². The molecule has 4 rings (SSSR count). The number of benzene rings is 1. The van der Waals surface area contributed by atoms with Crippen LogP contribution in [0, 0.1) is 0 Å². The second-order valence-electron chi connectivity index (χ2n) is 6.72. The average molecular weight is 452 g/mol. The van der Waals surface area contributed by atoms with E-state index in [4.69, 9.17) is 21.1 Å². The first-order chi connectivity index (χ1) is 14.4. The van der Waals surface area contributed by atoms with Crippen LogP contribution in [-0.4, -0.2) is 61.6 Å². The number of β-amino-alcohol motifs (C(OH)–C–C–N with tert-alkyl or cyclic N) is 1. The number of hydrogen-bond donors (Lipinski definition) is 2. The summed E-state index contributed by atoms with van der Waals surface area (Å²) in [6, 6.07) is 10.0. The van der Waals surface area contributed by atoms with Crippen LogP contribution in [0.15, 0.2) is 36.4 Å². The Labute approximate surface area is 180 Å². The van der Waals surface area contributed by atoms with E-state index in [1.54, 1.807) is 36.4 Å². The summed E-state index contributed by atoms with van der Waals surface area (Å²) < 4.78 is 10.8. The summed E-state index contributed by atoms with van der Waals surface area (Å²) in [7, 11) is 0. The van der Waals surface area contributed by atoms with Gasteiger partial charge in [0, 0.05) is 11.4 Å².